The van der Waals surface area contributed by atoms with Crippen molar-refractivity contribution in [2.75, 3.05) is 6.54 Å². The van der Waals surface area contributed by atoms with E-state index in [1.54, 1.807) is 0 Å². The SMILES string of the molecule is O=c1ccc(=O)n(CN2CCc3ccccc3C2)[nH]1. The van der Waals surface area contributed by atoms with Gasteiger partial charge in [0.05, 0.1) is 6.67 Å². The molecule has 0 saturated carbocycles. The largest absolute Gasteiger partial charge is 0.280 e. The first-order chi connectivity index (χ1) is 9.22. The van der Waals surface area contributed by atoms with Crippen molar-refractivity contribution in [1.29, 1.82) is 0 Å². The number of nitrogens with one attached hydrogen (secondary N) is 1. The maximum absolute atomic E-state index is 11.7. The van der Waals surface area contributed by atoms with Crippen LogP contribution in [0, 0.1) is 0 Å². The van der Waals surface area contributed by atoms with Crippen LogP contribution in [0.15, 0.2) is 46.0 Å². The quantitative estimate of drug-likeness (QED) is 0.855. The first-order valence-corrected chi connectivity index (χ1v) is 6.32. The topological polar surface area (TPSA) is 58.1 Å². The lowest BCUT2D eigenvalue weighted by Crippen LogP contribution is -2.38. The molecule has 1 aromatic heterocycles. The summed E-state index contributed by atoms with van der Waals surface area (Å²) in [5, 5.41) is 2.55. The zero-order valence-corrected chi connectivity index (χ0v) is 10.5. The first-order valence-electron chi connectivity index (χ1n) is 6.32. The first kappa shape index (κ1) is 11.9. The molecule has 0 aliphatic carbocycles. The summed E-state index contributed by atoms with van der Waals surface area (Å²) in [6, 6.07) is 10.9. The van der Waals surface area contributed by atoms with E-state index in [0.717, 1.165) is 19.5 Å². The molecule has 3 rings (SSSR count). The molecule has 0 amide bonds. The number of aromatic amines is 1. The molecule has 0 spiro atoms. The smallest absolute Gasteiger partial charge is 0.266 e. The zero-order valence-electron chi connectivity index (χ0n) is 10.5. The number of hydrogen-bond acceptors (Lipinski definition) is 3. The second-order valence-electron chi connectivity index (χ2n) is 4.79. The predicted octanol–water partition coefficient (Wildman–Crippen LogP) is 0.552. The third-order valence-corrected chi connectivity index (χ3v) is 3.44. The summed E-state index contributed by atoms with van der Waals surface area (Å²) in [5.41, 5.74) is 2.23. The molecule has 1 aliphatic rings. The Balaban J connectivity index is 1.81. The van der Waals surface area contributed by atoms with Gasteiger partial charge in [-0.2, -0.15) is 0 Å². The van der Waals surface area contributed by atoms with Crippen LogP contribution in [0.3, 0.4) is 0 Å². The van der Waals surface area contributed by atoms with Crippen molar-refractivity contribution in [3.05, 3.63) is 68.2 Å². The van der Waals surface area contributed by atoms with Gasteiger partial charge in [-0.05, 0) is 17.5 Å². The van der Waals surface area contributed by atoms with Gasteiger partial charge in [0, 0.05) is 25.2 Å². The number of fused-ring (bicyclic) bond motifs is 1. The second-order valence-corrected chi connectivity index (χ2v) is 4.79. The number of rotatable bonds is 2. The Morgan fingerprint density at radius 2 is 1.84 bits per heavy atom. The van der Waals surface area contributed by atoms with Gasteiger partial charge in [-0.3, -0.25) is 19.6 Å². The van der Waals surface area contributed by atoms with Crippen LogP contribution in [0.4, 0.5) is 0 Å². The lowest BCUT2D eigenvalue weighted by Gasteiger charge is -2.28. The van der Waals surface area contributed by atoms with E-state index < -0.39 is 0 Å². The Labute approximate surface area is 110 Å². The minimum absolute atomic E-state index is 0.182. The van der Waals surface area contributed by atoms with Crippen molar-refractivity contribution in [2.24, 2.45) is 0 Å². The lowest BCUT2D eigenvalue weighted by molar-refractivity contribution is 0.184. The molecule has 0 bridgehead atoms. The fraction of sp³-hybridized carbons (Fsp3) is 0.286. The summed E-state index contributed by atoms with van der Waals surface area (Å²) in [5.74, 6) is 0. The summed E-state index contributed by atoms with van der Waals surface area (Å²) >= 11 is 0. The van der Waals surface area contributed by atoms with Gasteiger partial charge in [-0.1, -0.05) is 24.3 Å². The molecular formula is C14H15N3O2. The third kappa shape index (κ3) is 2.51. The van der Waals surface area contributed by atoms with Crippen LogP contribution in [0.25, 0.3) is 0 Å². The fourth-order valence-corrected chi connectivity index (χ4v) is 2.44. The number of H-pyrrole nitrogens is 1. The van der Waals surface area contributed by atoms with Crippen LogP contribution in [-0.2, 0) is 19.6 Å². The van der Waals surface area contributed by atoms with Gasteiger partial charge >= 0.3 is 0 Å². The fourth-order valence-electron chi connectivity index (χ4n) is 2.44. The number of aromatic nitrogens is 2. The van der Waals surface area contributed by atoms with Crippen molar-refractivity contribution in [3.8, 4) is 0 Å². The highest BCUT2D eigenvalue weighted by molar-refractivity contribution is 5.28. The molecule has 0 radical (unpaired) electrons. The Kier molecular flexibility index (Phi) is 3.05. The maximum atomic E-state index is 11.7. The van der Waals surface area contributed by atoms with Crippen LogP contribution >= 0.6 is 0 Å². The molecule has 0 saturated heterocycles. The van der Waals surface area contributed by atoms with Crippen molar-refractivity contribution in [1.82, 2.24) is 14.7 Å². The van der Waals surface area contributed by atoms with Crippen molar-refractivity contribution >= 4 is 0 Å². The molecule has 19 heavy (non-hydrogen) atoms. The highest BCUT2D eigenvalue weighted by Gasteiger charge is 2.16. The third-order valence-electron chi connectivity index (χ3n) is 3.44. The Morgan fingerprint density at radius 1 is 1.05 bits per heavy atom. The molecule has 2 heterocycles. The van der Waals surface area contributed by atoms with E-state index in [9.17, 15) is 9.59 Å². The Hall–Kier alpha value is -2.14. The van der Waals surface area contributed by atoms with Crippen molar-refractivity contribution in [2.45, 2.75) is 19.6 Å². The van der Waals surface area contributed by atoms with Crippen LogP contribution in [0.5, 0.6) is 0 Å². The molecule has 0 unspecified atom stereocenters. The summed E-state index contributed by atoms with van der Waals surface area (Å²) in [6.45, 7) is 2.11. The van der Waals surface area contributed by atoms with E-state index >= 15 is 0 Å². The van der Waals surface area contributed by atoms with Gasteiger partial charge in [0.25, 0.3) is 11.1 Å². The minimum Gasteiger partial charge on any atom is -0.280 e. The highest BCUT2D eigenvalue weighted by Crippen LogP contribution is 2.18. The minimum atomic E-state index is -0.253. The average Bonchev–Trinajstić information content (AvgIpc) is 2.43. The van der Waals surface area contributed by atoms with Gasteiger partial charge in [0.2, 0.25) is 0 Å². The predicted molar refractivity (Wildman–Crippen MR) is 71.9 cm³/mol. The van der Waals surface area contributed by atoms with E-state index in [2.05, 4.69) is 22.1 Å². The molecule has 0 fully saturated rings. The Bertz CT molecular complexity index is 702. The Morgan fingerprint density at radius 3 is 2.68 bits per heavy atom. The van der Waals surface area contributed by atoms with Gasteiger partial charge in [0.1, 0.15) is 0 Å². The zero-order chi connectivity index (χ0) is 13.2. The summed E-state index contributed by atoms with van der Waals surface area (Å²) in [7, 11) is 0. The molecule has 1 aromatic carbocycles. The van der Waals surface area contributed by atoms with Gasteiger partial charge in [-0.25, -0.2) is 4.68 Å². The molecule has 5 heteroatoms. The van der Waals surface area contributed by atoms with Crippen molar-refractivity contribution in [3.63, 3.8) is 0 Å². The molecule has 0 atom stereocenters. The normalized spacial score (nSPS) is 15.2. The van der Waals surface area contributed by atoms with E-state index in [4.69, 9.17) is 0 Å². The number of benzene rings is 1. The standard InChI is InChI=1S/C14H15N3O2/c18-13-5-6-14(19)17(15-13)10-16-8-7-11-3-1-2-4-12(11)9-16/h1-6H,7-10H2,(H,15,18). The van der Waals surface area contributed by atoms with Gasteiger partial charge < -0.3 is 0 Å². The molecule has 98 valence electrons. The van der Waals surface area contributed by atoms with Crippen LogP contribution in [0.1, 0.15) is 11.1 Å². The van der Waals surface area contributed by atoms with E-state index in [1.807, 2.05) is 12.1 Å². The molecular weight excluding hydrogens is 242 g/mol. The molecule has 1 N–H and O–H groups in total. The summed E-state index contributed by atoms with van der Waals surface area (Å²) in [4.78, 5) is 25.1. The van der Waals surface area contributed by atoms with Gasteiger partial charge in [0.15, 0.2) is 0 Å². The number of nitrogens with zero attached hydrogens (tertiary/aromatic N) is 2. The summed E-state index contributed by atoms with van der Waals surface area (Å²) < 4.78 is 1.36. The monoisotopic (exact) mass is 257 g/mol. The molecule has 1 aliphatic heterocycles. The highest BCUT2D eigenvalue weighted by atomic mass is 16.2. The summed E-state index contributed by atoms with van der Waals surface area (Å²) in [6.07, 6.45) is 0.974. The molecule has 5 nitrogen and oxygen atoms in total. The van der Waals surface area contributed by atoms with E-state index in [0.29, 0.717) is 6.67 Å². The second kappa shape index (κ2) is 4.85. The van der Waals surface area contributed by atoms with Crippen LogP contribution in [-0.4, -0.2) is 21.2 Å². The van der Waals surface area contributed by atoms with Crippen molar-refractivity contribution < 1.29 is 0 Å². The van der Waals surface area contributed by atoms with E-state index in [1.165, 1.54) is 27.9 Å². The molecule has 2 aromatic rings. The van der Waals surface area contributed by atoms with Crippen LogP contribution < -0.4 is 11.1 Å². The average molecular weight is 257 g/mol. The van der Waals surface area contributed by atoms with Crippen LogP contribution in [0.2, 0.25) is 0 Å². The number of hydrogen-bond donors (Lipinski definition) is 1. The van der Waals surface area contributed by atoms with Gasteiger partial charge in [-0.15, -0.1) is 0 Å². The van der Waals surface area contributed by atoms with E-state index in [-0.39, 0.29) is 11.1 Å². The lowest BCUT2D eigenvalue weighted by atomic mass is 10.0. The maximum Gasteiger partial charge on any atom is 0.266 e.